The lowest BCUT2D eigenvalue weighted by atomic mass is 9.85. The fourth-order valence-corrected chi connectivity index (χ4v) is 3.71. The number of carbonyl (C=O) groups is 1. The first kappa shape index (κ1) is 30.7. The average molecular weight is 536 g/mol. The van der Waals surface area contributed by atoms with Crippen LogP contribution in [0.15, 0.2) is 24.3 Å². The monoisotopic (exact) mass is 535 g/mol. The topological polar surface area (TPSA) is 132 Å². The van der Waals surface area contributed by atoms with Crippen LogP contribution < -0.4 is 45.2 Å². The maximum Gasteiger partial charge on any atom is 0.326 e. The Bertz CT molecular complexity index is 1010. The number of methoxy groups -OCH3 is 2. The van der Waals surface area contributed by atoms with E-state index in [1.54, 1.807) is 6.07 Å². The molecule has 2 aliphatic rings. The summed E-state index contributed by atoms with van der Waals surface area (Å²) in [5, 5.41) is 0. The second-order valence-corrected chi connectivity index (χ2v) is 8.02. The maximum absolute atomic E-state index is 11.2. The smallest absolute Gasteiger partial charge is 0.326 e. The van der Waals surface area contributed by atoms with E-state index < -0.39 is 12.3 Å². The molecule has 0 spiro atoms. The Morgan fingerprint density at radius 1 is 0.974 bits per heavy atom. The molecule has 2 unspecified atom stereocenters. The molecule has 2 aromatic carbocycles. The Kier molecular flexibility index (Phi) is 12.6. The minimum atomic E-state index is -0.720. The zero-order chi connectivity index (χ0) is 28.1. The quantitative estimate of drug-likeness (QED) is 0.299. The lowest BCUT2D eigenvalue weighted by Gasteiger charge is -2.33. The third-order valence-corrected chi connectivity index (χ3v) is 5.60. The highest BCUT2D eigenvalue weighted by Gasteiger charge is 2.34. The van der Waals surface area contributed by atoms with E-state index in [-0.39, 0.29) is 12.7 Å². The van der Waals surface area contributed by atoms with Crippen LogP contribution in [-0.4, -0.2) is 39.9 Å². The van der Waals surface area contributed by atoms with Crippen molar-refractivity contribution in [3.63, 3.8) is 0 Å². The SMILES string of the molecule is CC.CCCC.CCOOc1c(OC)cc(C2CC(NNC(N)=O)Oc3cc4c(cc32)OCO4)cc1OC. The van der Waals surface area contributed by atoms with Crippen molar-refractivity contribution in [2.45, 2.75) is 66.0 Å². The molecule has 0 aromatic heterocycles. The van der Waals surface area contributed by atoms with Gasteiger partial charge >= 0.3 is 6.03 Å². The largest absolute Gasteiger partial charge is 0.493 e. The summed E-state index contributed by atoms with van der Waals surface area (Å²) in [5.41, 5.74) is 12.1. The lowest BCUT2D eigenvalue weighted by Crippen LogP contribution is -2.50. The van der Waals surface area contributed by atoms with Crippen molar-refractivity contribution in [2.24, 2.45) is 5.73 Å². The molecule has 38 heavy (non-hydrogen) atoms. The highest BCUT2D eigenvalue weighted by atomic mass is 17.2. The van der Waals surface area contributed by atoms with E-state index in [1.165, 1.54) is 27.1 Å². The zero-order valence-corrected chi connectivity index (χ0v) is 23.3. The van der Waals surface area contributed by atoms with Gasteiger partial charge in [-0.25, -0.2) is 4.79 Å². The van der Waals surface area contributed by atoms with Crippen molar-refractivity contribution < 1.29 is 38.3 Å². The molecule has 2 heterocycles. The number of nitrogens with two attached hydrogens (primary N) is 1. The number of benzene rings is 2. The summed E-state index contributed by atoms with van der Waals surface area (Å²) in [6.07, 6.45) is 2.54. The van der Waals surface area contributed by atoms with Crippen LogP contribution in [0.25, 0.3) is 0 Å². The second kappa shape index (κ2) is 15.6. The number of fused-ring (bicyclic) bond motifs is 2. The van der Waals surface area contributed by atoms with Gasteiger partial charge in [-0.3, -0.25) is 5.43 Å². The number of hydrogen-bond donors (Lipinski definition) is 3. The van der Waals surface area contributed by atoms with Gasteiger partial charge in [0, 0.05) is 24.0 Å². The summed E-state index contributed by atoms with van der Waals surface area (Å²) < 4.78 is 28.1. The van der Waals surface area contributed by atoms with Gasteiger partial charge in [-0.15, -0.1) is 0 Å². The van der Waals surface area contributed by atoms with Gasteiger partial charge in [0.15, 0.2) is 29.2 Å². The van der Waals surface area contributed by atoms with Gasteiger partial charge < -0.3 is 34.3 Å². The van der Waals surface area contributed by atoms with Crippen LogP contribution in [0.2, 0.25) is 0 Å². The summed E-state index contributed by atoms with van der Waals surface area (Å²) in [6, 6.07) is 6.63. The molecular formula is C27H41N3O8. The molecule has 0 aliphatic carbocycles. The van der Waals surface area contributed by atoms with Crippen molar-refractivity contribution in [1.82, 2.24) is 10.9 Å². The molecule has 2 amide bonds. The van der Waals surface area contributed by atoms with Crippen molar-refractivity contribution >= 4 is 6.03 Å². The minimum Gasteiger partial charge on any atom is -0.493 e. The van der Waals surface area contributed by atoms with Gasteiger partial charge in [0.2, 0.25) is 12.5 Å². The Labute approximate surface area is 224 Å². The predicted molar refractivity (Wildman–Crippen MR) is 143 cm³/mol. The molecule has 212 valence electrons. The predicted octanol–water partition coefficient (Wildman–Crippen LogP) is 5.01. The van der Waals surface area contributed by atoms with E-state index in [4.69, 9.17) is 39.2 Å². The molecule has 11 heteroatoms. The number of hydrogen-bond acceptors (Lipinski definition) is 9. The Balaban J connectivity index is 0.000000773. The Hall–Kier alpha value is -3.57. The minimum absolute atomic E-state index is 0.138. The molecule has 2 atom stereocenters. The molecule has 0 radical (unpaired) electrons. The standard InChI is InChI=1S/C21H25N3O8.C4H10.C2H6/c1-4-30-32-20-17(26-2)5-11(6-18(20)27-3)12-8-19(23-24-21(22)25)31-14-9-16-15(7-13(12)14)28-10-29-16;1-3-4-2;1-2/h5-7,9,12,19,23H,4,8,10H2,1-3H3,(H3,22,24,25);3-4H2,1-2H3;1-2H3. The van der Waals surface area contributed by atoms with Gasteiger partial charge in [0.05, 0.1) is 20.8 Å². The molecule has 4 N–H and O–H groups in total. The van der Waals surface area contributed by atoms with Crippen molar-refractivity contribution in [3.05, 3.63) is 35.4 Å². The second-order valence-electron chi connectivity index (χ2n) is 8.02. The fraction of sp³-hybridized carbons (Fsp3) is 0.519. The number of ether oxygens (including phenoxy) is 5. The van der Waals surface area contributed by atoms with Crippen LogP contribution in [0.5, 0.6) is 34.5 Å². The number of amides is 2. The Morgan fingerprint density at radius 2 is 1.58 bits per heavy atom. The van der Waals surface area contributed by atoms with Gasteiger partial charge in [-0.05, 0) is 30.7 Å². The number of rotatable bonds is 9. The lowest BCUT2D eigenvalue weighted by molar-refractivity contribution is -0.203. The summed E-state index contributed by atoms with van der Waals surface area (Å²) in [5.74, 6) is 2.86. The maximum atomic E-state index is 11.2. The highest BCUT2D eigenvalue weighted by molar-refractivity contribution is 5.71. The molecular weight excluding hydrogens is 494 g/mol. The fourth-order valence-electron chi connectivity index (χ4n) is 3.71. The molecule has 0 fully saturated rings. The molecule has 2 aromatic rings. The van der Waals surface area contributed by atoms with Gasteiger partial charge in [-0.2, -0.15) is 10.3 Å². The first-order chi connectivity index (χ1) is 18.4. The Morgan fingerprint density at radius 3 is 2.11 bits per heavy atom. The number of primary amides is 1. The molecule has 2 aliphatic heterocycles. The molecule has 0 saturated heterocycles. The third kappa shape index (κ3) is 7.72. The summed E-state index contributed by atoms with van der Waals surface area (Å²) >= 11 is 0. The zero-order valence-electron chi connectivity index (χ0n) is 23.3. The number of hydrazine groups is 1. The normalized spacial score (nSPS) is 16.4. The number of unbranched alkanes of at least 4 members (excludes halogenated alkanes) is 1. The van der Waals surface area contributed by atoms with E-state index in [0.29, 0.717) is 47.5 Å². The van der Waals surface area contributed by atoms with E-state index in [0.717, 1.165) is 11.1 Å². The molecule has 0 saturated carbocycles. The van der Waals surface area contributed by atoms with E-state index in [9.17, 15) is 4.79 Å². The number of nitrogens with one attached hydrogen (secondary N) is 2. The van der Waals surface area contributed by atoms with Crippen molar-refractivity contribution in [2.75, 3.05) is 27.6 Å². The van der Waals surface area contributed by atoms with Gasteiger partial charge in [-0.1, -0.05) is 40.5 Å². The summed E-state index contributed by atoms with van der Waals surface area (Å²) in [4.78, 5) is 21.6. The highest BCUT2D eigenvalue weighted by Crippen LogP contribution is 2.49. The first-order valence-corrected chi connectivity index (χ1v) is 12.9. The van der Waals surface area contributed by atoms with Crippen LogP contribution in [0.3, 0.4) is 0 Å². The average Bonchev–Trinajstić information content (AvgIpc) is 3.41. The van der Waals surface area contributed by atoms with Gasteiger partial charge in [0.1, 0.15) is 5.75 Å². The van der Waals surface area contributed by atoms with Crippen molar-refractivity contribution in [3.8, 4) is 34.5 Å². The van der Waals surface area contributed by atoms with Crippen LogP contribution in [0, 0.1) is 0 Å². The number of urea groups is 1. The molecule has 4 rings (SSSR count). The van der Waals surface area contributed by atoms with Gasteiger partial charge in [0.25, 0.3) is 0 Å². The number of carbonyl (C=O) groups excluding carboxylic acids is 1. The molecule has 11 nitrogen and oxygen atoms in total. The van der Waals surface area contributed by atoms with E-state index in [1.807, 2.05) is 39.0 Å². The first-order valence-electron chi connectivity index (χ1n) is 12.9. The van der Waals surface area contributed by atoms with Crippen LogP contribution in [-0.2, 0) is 4.89 Å². The summed E-state index contributed by atoms with van der Waals surface area (Å²) in [6.45, 7) is 10.7. The van der Waals surface area contributed by atoms with Crippen LogP contribution in [0.1, 0.15) is 70.9 Å². The van der Waals surface area contributed by atoms with Crippen LogP contribution in [0.4, 0.5) is 4.79 Å². The van der Waals surface area contributed by atoms with E-state index in [2.05, 4.69) is 24.7 Å². The third-order valence-electron chi connectivity index (χ3n) is 5.60. The van der Waals surface area contributed by atoms with Crippen LogP contribution >= 0.6 is 0 Å². The van der Waals surface area contributed by atoms with Crippen molar-refractivity contribution in [1.29, 1.82) is 0 Å². The summed E-state index contributed by atoms with van der Waals surface area (Å²) in [7, 11) is 3.07. The molecule has 0 bridgehead atoms. The van der Waals surface area contributed by atoms with E-state index >= 15 is 0 Å².